The third-order valence-corrected chi connectivity index (χ3v) is 7.06. The summed E-state index contributed by atoms with van der Waals surface area (Å²) < 4.78 is 13.9. The number of hydrogen-bond acceptors (Lipinski definition) is 7. The SMILES string of the molecule is Clc1ccc(COc2cccc(N3CCN(Cc4nc5ccccc5n4C[C@@H]4CCO4)CC3)n2)nc1. The molecule has 2 aliphatic heterocycles. The van der Waals surface area contributed by atoms with Crippen molar-refractivity contribution in [3.63, 3.8) is 0 Å². The number of halogens is 1. The Hall–Kier alpha value is -3.20. The first-order chi connectivity index (χ1) is 17.7. The Morgan fingerprint density at radius 3 is 2.61 bits per heavy atom. The topological polar surface area (TPSA) is 68.5 Å². The maximum absolute atomic E-state index is 5.91. The average Bonchev–Trinajstić information content (AvgIpc) is 3.23. The van der Waals surface area contributed by atoms with Crippen molar-refractivity contribution in [2.45, 2.75) is 32.2 Å². The van der Waals surface area contributed by atoms with Crippen molar-refractivity contribution in [1.82, 2.24) is 24.4 Å². The van der Waals surface area contributed by atoms with E-state index >= 15 is 0 Å². The highest BCUT2D eigenvalue weighted by Gasteiger charge is 2.24. The first-order valence-corrected chi connectivity index (χ1v) is 12.8. The highest BCUT2D eigenvalue weighted by molar-refractivity contribution is 6.30. The van der Waals surface area contributed by atoms with E-state index in [1.807, 2.05) is 30.3 Å². The number of para-hydroxylation sites is 2. The molecule has 0 saturated carbocycles. The molecule has 0 aliphatic carbocycles. The molecule has 2 saturated heterocycles. The van der Waals surface area contributed by atoms with Crippen molar-refractivity contribution in [1.29, 1.82) is 0 Å². The second-order valence-corrected chi connectivity index (χ2v) is 9.70. The predicted molar refractivity (Wildman–Crippen MR) is 139 cm³/mol. The smallest absolute Gasteiger partial charge is 0.215 e. The quantitative estimate of drug-likeness (QED) is 0.356. The molecule has 1 atom stereocenters. The van der Waals surface area contributed by atoms with Gasteiger partial charge in [0.2, 0.25) is 5.88 Å². The van der Waals surface area contributed by atoms with Crippen molar-refractivity contribution in [2.24, 2.45) is 0 Å². The van der Waals surface area contributed by atoms with Gasteiger partial charge in [0.1, 0.15) is 18.2 Å². The maximum atomic E-state index is 5.91. The van der Waals surface area contributed by atoms with E-state index in [0.29, 0.717) is 23.6 Å². The molecule has 36 heavy (non-hydrogen) atoms. The van der Waals surface area contributed by atoms with Gasteiger partial charge in [0.05, 0.1) is 40.9 Å². The molecule has 3 aromatic heterocycles. The lowest BCUT2D eigenvalue weighted by molar-refractivity contribution is -0.0592. The van der Waals surface area contributed by atoms with Crippen LogP contribution in [0, 0.1) is 0 Å². The lowest BCUT2D eigenvalue weighted by Crippen LogP contribution is -2.46. The molecule has 0 unspecified atom stereocenters. The van der Waals surface area contributed by atoms with Crippen LogP contribution in [0.3, 0.4) is 0 Å². The Morgan fingerprint density at radius 2 is 1.83 bits per heavy atom. The zero-order valence-corrected chi connectivity index (χ0v) is 20.8. The highest BCUT2D eigenvalue weighted by atomic mass is 35.5. The van der Waals surface area contributed by atoms with Gasteiger partial charge in [-0.25, -0.2) is 4.98 Å². The van der Waals surface area contributed by atoms with Gasteiger partial charge < -0.3 is 18.9 Å². The second kappa shape index (κ2) is 10.4. The molecule has 9 heteroatoms. The van der Waals surface area contributed by atoms with Crippen molar-refractivity contribution < 1.29 is 9.47 Å². The van der Waals surface area contributed by atoms with Crippen molar-refractivity contribution in [2.75, 3.05) is 37.7 Å². The standard InChI is InChI=1S/C27H29ClN6O2/c28-20-8-9-21(29-16-20)19-36-27-7-3-6-25(31-27)33-13-11-32(12-14-33)18-26-30-23-4-1-2-5-24(23)34(26)17-22-10-15-35-22/h1-9,16,22H,10-15,17-19H2/t22-/m0/s1. The number of imidazole rings is 1. The Balaban J connectivity index is 1.08. The van der Waals surface area contributed by atoms with Crippen LogP contribution in [0.25, 0.3) is 11.0 Å². The fraction of sp³-hybridized carbons (Fsp3) is 0.370. The van der Waals surface area contributed by atoms with E-state index in [-0.39, 0.29) is 0 Å². The first kappa shape index (κ1) is 23.2. The molecule has 5 heterocycles. The van der Waals surface area contributed by atoms with Crippen LogP contribution in [0.5, 0.6) is 5.88 Å². The van der Waals surface area contributed by atoms with E-state index < -0.39 is 0 Å². The number of nitrogens with zero attached hydrogens (tertiary/aromatic N) is 6. The van der Waals surface area contributed by atoms with Crippen molar-refractivity contribution >= 4 is 28.5 Å². The minimum atomic E-state index is 0.300. The van der Waals surface area contributed by atoms with Crippen LogP contribution in [0.4, 0.5) is 5.82 Å². The number of ether oxygens (including phenoxy) is 2. The molecule has 2 fully saturated rings. The Labute approximate surface area is 215 Å². The molecule has 0 spiro atoms. The maximum Gasteiger partial charge on any atom is 0.215 e. The fourth-order valence-corrected chi connectivity index (χ4v) is 4.83. The Bertz CT molecular complexity index is 1320. The van der Waals surface area contributed by atoms with Crippen molar-refractivity contribution in [3.05, 3.63) is 77.3 Å². The van der Waals surface area contributed by atoms with E-state index in [1.165, 1.54) is 5.52 Å². The van der Waals surface area contributed by atoms with Gasteiger partial charge in [-0.05, 0) is 36.8 Å². The van der Waals surface area contributed by atoms with Gasteiger partial charge >= 0.3 is 0 Å². The largest absolute Gasteiger partial charge is 0.471 e. The van der Waals surface area contributed by atoms with Gasteiger partial charge in [0.25, 0.3) is 0 Å². The highest BCUT2D eigenvalue weighted by Crippen LogP contribution is 2.23. The van der Waals surface area contributed by atoms with Crippen LogP contribution in [0.1, 0.15) is 17.9 Å². The predicted octanol–water partition coefficient (Wildman–Crippen LogP) is 4.17. The zero-order valence-electron chi connectivity index (χ0n) is 20.1. The van der Waals surface area contributed by atoms with Gasteiger partial charge in [0.15, 0.2) is 0 Å². The molecule has 8 nitrogen and oxygen atoms in total. The third kappa shape index (κ3) is 5.16. The van der Waals surface area contributed by atoms with E-state index in [4.69, 9.17) is 31.0 Å². The number of benzene rings is 1. The summed E-state index contributed by atoms with van der Waals surface area (Å²) >= 11 is 5.91. The minimum absolute atomic E-state index is 0.300. The lowest BCUT2D eigenvalue weighted by atomic mass is 10.2. The molecule has 2 aliphatic rings. The molecule has 4 aromatic rings. The van der Waals surface area contributed by atoms with E-state index in [2.05, 4.69) is 43.6 Å². The summed E-state index contributed by atoms with van der Waals surface area (Å²) in [7, 11) is 0. The second-order valence-electron chi connectivity index (χ2n) is 9.26. The summed E-state index contributed by atoms with van der Waals surface area (Å²) in [5.74, 6) is 2.65. The van der Waals surface area contributed by atoms with Crippen LogP contribution in [-0.4, -0.2) is 63.3 Å². The summed E-state index contributed by atoms with van der Waals surface area (Å²) in [6.45, 7) is 6.64. The number of hydrogen-bond donors (Lipinski definition) is 0. The summed E-state index contributed by atoms with van der Waals surface area (Å²) in [6.07, 6.45) is 3.05. The molecular weight excluding hydrogens is 476 g/mol. The number of anilines is 1. The summed E-state index contributed by atoms with van der Waals surface area (Å²) in [6, 6.07) is 18.0. The van der Waals surface area contributed by atoms with E-state index in [0.717, 1.165) is 75.1 Å². The van der Waals surface area contributed by atoms with Crippen LogP contribution >= 0.6 is 11.6 Å². The normalized spacial score (nSPS) is 18.4. The summed E-state index contributed by atoms with van der Waals surface area (Å²) in [5, 5.41) is 0.614. The minimum Gasteiger partial charge on any atom is -0.471 e. The molecule has 0 bridgehead atoms. The first-order valence-electron chi connectivity index (χ1n) is 12.4. The molecule has 6 rings (SSSR count). The number of rotatable bonds is 8. The molecule has 186 valence electrons. The molecule has 0 N–H and O–H groups in total. The van der Waals surface area contributed by atoms with Crippen molar-refractivity contribution in [3.8, 4) is 5.88 Å². The number of aromatic nitrogens is 4. The lowest BCUT2D eigenvalue weighted by Gasteiger charge is -2.35. The average molecular weight is 505 g/mol. The van der Waals surface area contributed by atoms with Gasteiger partial charge in [-0.2, -0.15) is 4.98 Å². The van der Waals surface area contributed by atoms with Gasteiger partial charge in [-0.3, -0.25) is 9.88 Å². The zero-order chi connectivity index (χ0) is 24.3. The Kier molecular flexibility index (Phi) is 6.72. The van der Waals surface area contributed by atoms with E-state index in [9.17, 15) is 0 Å². The van der Waals surface area contributed by atoms with Gasteiger partial charge in [-0.15, -0.1) is 0 Å². The number of piperazine rings is 1. The third-order valence-electron chi connectivity index (χ3n) is 6.84. The van der Waals surface area contributed by atoms with Crippen LogP contribution in [-0.2, 0) is 24.4 Å². The van der Waals surface area contributed by atoms with E-state index in [1.54, 1.807) is 6.20 Å². The number of pyridine rings is 2. The molecule has 0 radical (unpaired) electrons. The van der Waals surface area contributed by atoms with Gasteiger partial charge in [0, 0.05) is 45.0 Å². The summed E-state index contributed by atoms with van der Waals surface area (Å²) in [4.78, 5) is 18.8. The van der Waals surface area contributed by atoms with Crippen LogP contribution in [0.2, 0.25) is 5.02 Å². The van der Waals surface area contributed by atoms with Crippen LogP contribution < -0.4 is 9.64 Å². The molecular formula is C27H29ClN6O2. The number of fused-ring (bicyclic) bond motifs is 1. The fourth-order valence-electron chi connectivity index (χ4n) is 4.72. The molecule has 1 aromatic carbocycles. The Morgan fingerprint density at radius 1 is 0.972 bits per heavy atom. The van der Waals surface area contributed by atoms with Gasteiger partial charge in [-0.1, -0.05) is 29.8 Å². The van der Waals surface area contributed by atoms with Crippen LogP contribution in [0.15, 0.2) is 60.8 Å². The monoisotopic (exact) mass is 504 g/mol. The molecule has 0 amide bonds. The summed E-state index contributed by atoms with van der Waals surface area (Å²) in [5.41, 5.74) is 3.06.